The van der Waals surface area contributed by atoms with Crippen molar-refractivity contribution in [1.82, 2.24) is 10.2 Å². The number of hydrogen-bond donors (Lipinski definition) is 3. The molecule has 0 amide bonds. The molecule has 0 bridgehead atoms. The predicted molar refractivity (Wildman–Crippen MR) is 77.4 cm³/mol. The molecule has 1 saturated carbocycles. The number of hydrogen-bond acceptors (Lipinski definition) is 4. The molecule has 1 saturated heterocycles. The lowest BCUT2D eigenvalue weighted by molar-refractivity contribution is 0.206. The fourth-order valence-electron chi connectivity index (χ4n) is 3.00. The number of nitrogens with zero attached hydrogens (tertiary/aromatic N) is 2. The first-order chi connectivity index (χ1) is 9.13. The zero-order chi connectivity index (χ0) is 13.7. The third-order valence-electron chi connectivity index (χ3n) is 4.45. The van der Waals surface area contributed by atoms with Crippen LogP contribution in [0.5, 0.6) is 0 Å². The van der Waals surface area contributed by atoms with E-state index in [1.54, 1.807) is 0 Å². The summed E-state index contributed by atoms with van der Waals surface area (Å²) >= 11 is 0. The molecule has 0 aromatic rings. The van der Waals surface area contributed by atoms with E-state index < -0.39 is 0 Å². The van der Waals surface area contributed by atoms with Crippen LogP contribution in [0, 0.1) is 5.41 Å². The van der Waals surface area contributed by atoms with Crippen molar-refractivity contribution in [2.24, 2.45) is 16.3 Å². The van der Waals surface area contributed by atoms with Gasteiger partial charge in [0.1, 0.15) is 5.84 Å². The van der Waals surface area contributed by atoms with Crippen molar-refractivity contribution >= 4 is 5.84 Å². The quantitative estimate of drug-likeness (QED) is 0.282. The minimum absolute atomic E-state index is 0.256. The zero-order valence-electron chi connectivity index (χ0n) is 12.1. The molecule has 1 aliphatic heterocycles. The third-order valence-corrected chi connectivity index (χ3v) is 4.45. The maximum Gasteiger partial charge on any atom is 0.139 e. The molecule has 1 aliphatic carbocycles. The van der Waals surface area contributed by atoms with Crippen LogP contribution in [0.1, 0.15) is 45.4 Å². The lowest BCUT2D eigenvalue weighted by Crippen LogP contribution is -2.43. The number of amidine groups is 1. The van der Waals surface area contributed by atoms with E-state index >= 15 is 0 Å². The molecule has 2 aliphatic rings. The van der Waals surface area contributed by atoms with E-state index in [0.717, 1.165) is 13.1 Å². The van der Waals surface area contributed by atoms with Crippen LogP contribution in [-0.2, 0) is 0 Å². The summed E-state index contributed by atoms with van der Waals surface area (Å²) in [6, 6.07) is 0.517. The molecule has 0 aromatic carbocycles. The molecule has 0 radical (unpaired) electrons. The SMILES string of the molecule is CC(CN1CCCCC1)NCC1(CC(N)=NO)CC1. The lowest BCUT2D eigenvalue weighted by Gasteiger charge is -2.30. The largest absolute Gasteiger partial charge is 0.409 e. The smallest absolute Gasteiger partial charge is 0.139 e. The molecule has 5 nitrogen and oxygen atoms in total. The van der Waals surface area contributed by atoms with Crippen LogP contribution in [0.2, 0.25) is 0 Å². The molecule has 0 spiro atoms. The Morgan fingerprint density at radius 2 is 2.05 bits per heavy atom. The molecule has 0 aromatic heterocycles. The van der Waals surface area contributed by atoms with Gasteiger partial charge in [-0.05, 0) is 51.1 Å². The Balaban J connectivity index is 1.67. The van der Waals surface area contributed by atoms with Gasteiger partial charge in [-0.3, -0.25) is 0 Å². The lowest BCUT2D eigenvalue weighted by atomic mass is 10.0. The van der Waals surface area contributed by atoms with E-state index in [2.05, 4.69) is 22.3 Å². The number of nitrogens with one attached hydrogen (secondary N) is 1. The maximum atomic E-state index is 8.66. The second kappa shape index (κ2) is 6.57. The zero-order valence-corrected chi connectivity index (χ0v) is 12.1. The van der Waals surface area contributed by atoms with Crippen LogP contribution in [0.4, 0.5) is 0 Å². The van der Waals surface area contributed by atoms with Crippen molar-refractivity contribution in [2.75, 3.05) is 26.2 Å². The summed E-state index contributed by atoms with van der Waals surface area (Å²) in [5, 5.41) is 15.4. The first-order valence-corrected chi connectivity index (χ1v) is 7.56. The molecule has 2 fully saturated rings. The molecule has 19 heavy (non-hydrogen) atoms. The molecule has 4 N–H and O–H groups in total. The summed E-state index contributed by atoms with van der Waals surface area (Å²) in [6.45, 7) is 6.88. The van der Waals surface area contributed by atoms with E-state index in [1.807, 2.05) is 0 Å². The summed E-state index contributed by atoms with van der Waals surface area (Å²) in [7, 11) is 0. The highest BCUT2D eigenvalue weighted by Crippen LogP contribution is 2.48. The normalized spacial score (nSPS) is 25.2. The Hall–Kier alpha value is -0.810. The number of oxime groups is 1. The van der Waals surface area contributed by atoms with Crippen molar-refractivity contribution in [3.8, 4) is 0 Å². The van der Waals surface area contributed by atoms with Gasteiger partial charge in [-0.15, -0.1) is 0 Å². The van der Waals surface area contributed by atoms with Gasteiger partial charge in [0.15, 0.2) is 0 Å². The molecule has 1 heterocycles. The van der Waals surface area contributed by atoms with Gasteiger partial charge in [0.2, 0.25) is 0 Å². The standard InChI is InChI=1S/C14H28N4O/c1-12(10-18-7-3-2-4-8-18)16-11-14(5-6-14)9-13(15)17-19/h12,16,19H,2-11H2,1H3,(H2,15,17). The summed E-state index contributed by atoms with van der Waals surface area (Å²) < 4.78 is 0. The molecular formula is C14H28N4O. The minimum atomic E-state index is 0.256. The van der Waals surface area contributed by atoms with Crippen LogP contribution >= 0.6 is 0 Å². The number of piperidine rings is 1. The number of likely N-dealkylation sites (tertiary alicyclic amines) is 1. The van der Waals surface area contributed by atoms with Gasteiger partial charge in [-0.2, -0.15) is 0 Å². The van der Waals surface area contributed by atoms with Gasteiger partial charge < -0.3 is 21.2 Å². The fraction of sp³-hybridized carbons (Fsp3) is 0.929. The van der Waals surface area contributed by atoms with E-state index in [1.165, 1.54) is 45.2 Å². The maximum absolute atomic E-state index is 8.66. The van der Waals surface area contributed by atoms with Crippen molar-refractivity contribution in [3.05, 3.63) is 0 Å². The molecule has 1 unspecified atom stereocenters. The van der Waals surface area contributed by atoms with Gasteiger partial charge in [-0.1, -0.05) is 11.6 Å². The summed E-state index contributed by atoms with van der Waals surface area (Å²) in [5.74, 6) is 0.364. The van der Waals surface area contributed by atoms with Crippen LogP contribution in [0.15, 0.2) is 5.16 Å². The van der Waals surface area contributed by atoms with Crippen LogP contribution in [-0.4, -0.2) is 48.2 Å². The van der Waals surface area contributed by atoms with E-state index in [0.29, 0.717) is 18.3 Å². The van der Waals surface area contributed by atoms with Gasteiger partial charge in [0.05, 0.1) is 0 Å². The molecule has 5 heteroatoms. The predicted octanol–water partition coefficient (Wildman–Crippen LogP) is 1.37. The monoisotopic (exact) mass is 268 g/mol. The fourth-order valence-corrected chi connectivity index (χ4v) is 3.00. The van der Waals surface area contributed by atoms with Crippen LogP contribution in [0.3, 0.4) is 0 Å². The van der Waals surface area contributed by atoms with E-state index in [4.69, 9.17) is 10.9 Å². The van der Waals surface area contributed by atoms with Gasteiger partial charge in [0.25, 0.3) is 0 Å². The second-order valence-corrected chi connectivity index (χ2v) is 6.41. The van der Waals surface area contributed by atoms with Crippen molar-refractivity contribution < 1.29 is 5.21 Å². The van der Waals surface area contributed by atoms with Crippen LogP contribution < -0.4 is 11.1 Å². The van der Waals surface area contributed by atoms with E-state index in [9.17, 15) is 0 Å². The topological polar surface area (TPSA) is 73.9 Å². The third kappa shape index (κ3) is 4.66. The second-order valence-electron chi connectivity index (χ2n) is 6.41. The highest BCUT2D eigenvalue weighted by atomic mass is 16.4. The van der Waals surface area contributed by atoms with Crippen LogP contribution in [0.25, 0.3) is 0 Å². The highest BCUT2D eigenvalue weighted by molar-refractivity contribution is 5.80. The summed E-state index contributed by atoms with van der Waals surface area (Å²) in [6.07, 6.45) is 7.17. The number of nitrogens with two attached hydrogens (primary N) is 1. The van der Waals surface area contributed by atoms with Crippen molar-refractivity contribution in [2.45, 2.75) is 51.5 Å². The minimum Gasteiger partial charge on any atom is -0.409 e. The Morgan fingerprint density at radius 3 is 2.63 bits per heavy atom. The summed E-state index contributed by atoms with van der Waals surface area (Å²) in [4.78, 5) is 2.56. The van der Waals surface area contributed by atoms with E-state index in [-0.39, 0.29) is 5.41 Å². The summed E-state index contributed by atoms with van der Waals surface area (Å²) in [5.41, 5.74) is 5.88. The average Bonchev–Trinajstić information content (AvgIpc) is 3.18. The first-order valence-electron chi connectivity index (χ1n) is 7.56. The first kappa shape index (κ1) is 14.6. The highest BCUT2D eigenvalue weighted by Gasteiger charge is 2.43. The molecular weight excluding hydrogens is 240 g/mol. The van der Waals surface area contributed by atoms with Gasteiger partial charge in [0, 0.05) is 25.6 Å². The molecule has 110 valence electrons. The van der Waals surface area contributed by atoms with Crippen molar-refractivity contribution in [3.63, 3.8) is 0 Å². The Labute approximate surface area is 116 Å². The molecule has 2 rings (SSSR count). The Kier molecular flexibility index (Phi) is 5.05. The Bertz CT molecular complexity index is 309. The van der Waals surface area contributed by atoms with Gasteiger partial charge >= 0.3 is 0 Å². The average molecular weight is 268 g/mol. The molecule has 1 atom stereocenters. The van der Waals surface area contributed by atoms with Crippen molar-refractivity contribution in [1.29, 1.82) is 0 Å². The van der Waals surface area contributed by atoms with Gasteiger partial charge in [-0.25, -0.2) is 0 Å². The Morgan fingerprint density at radius 1 is 1.37 bits per heavy atom. The number of rotatable bonds is 7.